The van der Waals surface area contributed by atoms with Crippen LogP contribution in [-0.2, 0) is 0 Å². The number of aromatic nitrogens is 3. The second-order valence-corrected chi connectivity index (χ2v) is 5.28. The number of nitrogens with zero attached hydrogens (tertiary/aromatic N) is 2. The fourth-order valence-corrected chi connectivity index (χ4v) is 2.52. The van der Waals surface area contributed by atoms with Gasteiger partial charge in [-0.15, -0.1) is 0 Å². The zero-order chi connectivity index (χ0) is 13.2. The molecule has 0 aliphatic rings. The summed E-state index contributed by atoms with van der Waals surface area (Å²) in [5.41, 5.74) is 2.78. The van der Waals surface area contributed by atoms with Crippen molar-refractivity contribution in [3.8, 4) is 0 Å². The number of benzene rings is 1. The largest absolute Gasteiger partial charge is 0.389 e. The maximum Gasteiger partial charge on any atom is 0.172 e. The van der Waals surface area contributed by atoms with Gasteiger partial charge in [-0.2, -0.15) is 0 Å². The molecule has 1 atom stereocenters. The smallest absolute Gasteiger partial charge is 0.172 e. The van der Waals surface area contributed by atoms with Crippen LogP contribution in [0.3, 0.4) is 0 Å². The first kappa shape index (κ1) is 12.2. The summed E-state index contributed by atoms with van der Waals surface area (Å²) in [4.78, 5) is 12.0. The van der Waals surface area contributed by atoms with E-state index in [1.165, 1.54) is 11.8 Å². The standard InChI is InChI=1S/C14H13N3OS/c1-9(18)10-6-7-13(15-8-10)19-14-16-11-4-2-3-5-12(11)17-14/h2-9,18H,1H3,(H,16,17)/t9-/m0/s1. The fourth-order valence-electron chi connectivity index (χ4n) is 1.78. The van der Waals surface area contributed by atoms with Gasteiger partial charge >= 0.3 is 0 Å². The predicted molar refractivity (Wildman–Crippen MR) is 75.1 cm³/mol. The first-order valence-corrected chi connectivity index (χ1v) is 6.80. The Morgan fingerprint density at radius 3 is 2.74 bits per heavy atom. The number of imidazole rings is 1. The van der Waals surface area contributed by atoms with Crippen LogP contribution in [0.2, 0.25) is 0 Å². The molecule has 2 N–H and O–H groups in total. The number of aliphatic hydroxyl groups is 1. The summed E-state index contributed by atoms with van der Waals surface area (Å²) < 4.78 is 0. The first-order valence-electron chi connectivity index (χ1n) is 5.99. The van der Waals surface area contributed by atoms with Crippen molar-refractivity contribution in [2.45, 2.75) is 23.2 Å². The van der Waals surface area contributed by atoms with Crippen molar-refractivity contribution in [1.82, 2.24) is 15.0 Å². The van der Waals surface area contributed by atoms with Crippen molar-refractivity contribution in [2.24, 2.45) is 0 Å². The maximum absolute atomic E-state index is 9.43. The Balaban J connectivity index is 1.84. The van der Waals surface area contributed by atoms with E-state index in [1.54, 1.807) is 13.1 Å². The van der Waals surface area contributed by atoms with E-state index in [2.05, 4.69) is 15.0 Å². The third-order valence-corrected chi connectivity index (χ3v) is 3.65. The summed E-state index contributed by atoms with van der Waals surface area (Å²) in [7, 11) is 0. The number of pyridine rings is 1. The number of para-hydroxylation sites is 2. The van der Waals surface area contributed by atoms with Crippen LogP contribution in [-0.4, -0.2) is 20.1 Å². The van der Waals surface area contributed by atoms with Crippen LogP contribution < -0.4 is 0 Å². The highest BCUT2D eigenvalue weighted by Crippen LogP contribution is 2.26. The van der Waals surface area contributed by atoms with Gasteiger partial charge in [0.1, 0.15) is 5.03 Å². The van der Waals surface area contributed by atoms with Gasteiger partial charge in [-0.05, 0) is 42.4 Å². The lowest BCUT2D eigenvalue weighted by Gasteiger charge is -2.03. The molecule has 0 saturated heterocycles. The molecule has 3 aromatic rings. The number of rotatable bonds is 3. The number of fused-ring (bicyclic) bond motifs is 1. The lowest BCUT2D eigenvalue weighted by atomic mass is 10.2. The van der Waals surface area contributed by atoms with E-state index in [9.17, 15) is 5.11 Å². The molecule has 96 valence electrons. The fraction of sp³-hybridized carbons (Fsp3) is 0.143. The molecule has 0 aliphatic heterocycles. The zero-order valence-corrected chi connectivity index (χ0v) is 11.2. The lowest BCUT2D eigenvalue weighted by molar-refractivity contribution is 0.198. The molecule has 0 fully saturated rings. The predicted octanol–water partition coefficient (Wildman–Crippen LogP) is 3.16. The summed E-state index contributed by atoms with van der Waals surface area (Å²) in [6, 6.07) is 11.7. The first-order chi connectivity index (χ1) is 9.22. The van der Waals surface area contributed by atoms with Crippen LogP contribution in [0.15, 0.2) is 52.8 Å². The number of nitrogens with one attached hydrogen (secondary N) is 1. The quantitative estimate of drug-likeness (QED) is 0.768. The Kier molecular flexibility index (Phi) is 3.23. The van der Waals surface area contributed by atoms with Gasteiger partial charge in [0.05, 0.1) is 17.1 Å². The van der Waals surface area contributed by atoms with E-state index in [4.69, 9.17) is 0 Å². The zero-order valence-electron chi connectivity index (χ0n) is 10.4. The molecule has 2 aromatic heterocycles. The van der Waals surface area contributed by atoms with Crippen molar-refractivity contribution in [3.63, 3.8) is 0 Å². The molecule has 0 spiro atoms. The summed E-state index contributed by atoms with van der Waals surface area (Å²) >= 11 is 1.47. The summed E-state index contributed by atoms with van der Waals surface area (Å²) in [5.74, 6) is 0. The van der Waals surface area contributed by atoms with Gasteiger partial charge in [-0.3, -0.25) is 0 Å². The van der Waals surface area contributed by atoms with Crippen LogP contribution >= 0.6 is 11.8 Å². The molecule has 0 amide bonds. The molecule has 0 saturated carbocycles. The van der Waals surface area contributed by atoms with Gasteiger partial charge in [-0.25, -0.2) is 9.97 Å². The second-order valence-electron chi connectivity index (χ2n) is 4.27. The van der Waals surface area contributed by atoms with E-state index in [0.717, 1.165) is 26.8 Å². The minimum Gasteiger partial charge on any atom is -0.389 e. The molecule has 0 unspecified atom stereocenters. The van der Waals surface area contributed by atoms with Crippen LogP contribution in [0.25, 0.3) is 11.0 Å². The molecule has 0 aliphatic carbocycles. The third kappa shape index (κ3) is 2.62. The van der Waals surface area contributed by atoms with Gasteiger partial charge in [0.25, 0.3) is 0 Å². The minimum atomic E-state index is -0.488. The van der Waals surface area contributed by atoms with E-state index >= 15 is 0 Å². The Morgan fingerprint density at radius 1 is 1.21 bits per heavy atom. The molecule has 0 bridgehead atoms. The average Bonchev–Trinajstić information content (AvgIpc) is 2.81. The Hall–Kier alpha value is -1.85. The SMILES string of the molecule is C[C@H](O)c1ccc(Sc2nc3ccccc3[nH]2)nc1. The van der Waals surface area contributed by atoms with Crippen LogP contribution in [0.4, 0.5) is 0 Å². The highest BCUT2D eigenvalue weighted by Gasteiger charge is 2.06. The molecular weight excluding hydrogens is 258 g/mol. The van der Waals surface area contributed by atoms with Gasteiger partial charge < -0.3 is 10.1 Å². The van der Waals surface area contributed by atoms with E-state index in [1.807, 2.05) is 36.4 Å². The van der Waals surface area contributed by atoms with Gasteiger partial charge in [0.2, 0.25) is 0 Å². The normalized spacial score (nSPS) is 12.7. The lowest BCUT2D eigenvalue weighted by Crippen LogP contribution is -1.92. The van der Waals surface area contributed by atoms with Crippen LogP contribution in [0.5, 0.6) is 0 Å². The maximum atomic E-state index is 9.43. The van der Waals surface area contributed by atoms with Gasteiger partial charge in [0.15, 0.2) is 5.16 Å². The number of hydrogen-bond acceptors (Lipinski definition) is 4. The average molecular weight is 271 g/mol. The monoisotopic (exact) mass is 271 g/mol. The van der Waals surface area contributed by atoms with Crippen molar-refractivity contribution < 1.29 is 5.11 Å². The Labute approximate surface area is 114 Å². The molecule has 19 heavy (non-hydrogen) atoms. The molecule has 5 heteroatoms. The van der Waals surface area contributed by atoms with E-state index < -0.39 is 6.10 Å². The van der Waals surface area contributed by atoms with Gasteiger partial charge in [-0.1, -0.05) is 18.2 Å². The van der Waals surface area contributed by atoms with E-state index in [0.29, 0.717) is 0 Å². The van der Waals surface area contributed by atoms with Crippen molar-refractivity contribution in [2.75, 3.05) is 0 Å². The number of H-pyrrole nitrogens is 1. The van der Waals surface area contributed by atoms with Crippen LogP contribution in [0, 0.1) is 0 Å². The topological polar surface area (TPSA) is 61.8 Å². The van der Waals surface area contributed by atoms with Crippen molar-refractivity contribution >= 4 is 22.8 Å². The highest BCUT2D eigenvalue weighted by atomic mass is 32.2. The van der Waals surface area contributed by atoms with Crippen molar-refractivity contribution in [1.29, 1.82) is 0 Å². The third-order valence-electron chi connectivity index (χ3n) is 2.81. The van der Waals surface area contributed by atoms with Crippen molar-refractivity contribution in [3.05, 3.63) is 48.2 Å². The Morgan fingerprint density at radius 2 is 2.05 bits per heavy atom. The summed E-state index contributed by atoms with van der Waals surface area (Å²) in [6.07, 6.45) is 1.20. The van der Waals surface area contributed by atoms with E-state index in [-0.39, 0.29) is 0 Å². The molecular formula is C14H13N3OS. The molecule has 1 aromatic carbocycles. The Bertz CT molecular complexity index is 658. The summed E-state index contributed by atoms with van der Waals surface area (Å²) in [6.45, 7) is 1.73. The number of hydrogen-bond donors (Lipinski definition) is 2. The van der Waals surface area contributed by atoms with Gasteiger partial charge in [0, 0.05) is 6.20 Å². The number of aromatic amines is 1. The minimum absolute atomic E-state index is 0.488. The molecule has 3 rings (SSSR count). The summed E-state index contributed by atoms with van der Waals surface area (Å²) in [5, 5.41) is 11.1. The van der Waals surface area contributed by atoms with Crippen LogP contribution in [0.1, 0.15) is 18.6 Å². The highest BCUT2D eigenvalue weighted by molar-refractivity contribution is 7.99. The molecule has 0 radical (unpaired) electrons. The number of aliphatic hydroxyl groups excluding tert-OH is 1. The molecule has 4 nitrogen and oxygen atoms in total. The molecule has 2 heterocycles. The second kappa shape index (κ2) is 5.03.